The normalized spacial score (nSPS) is 14.7. The monoisotopic (exact) mass is 260 g/mol. The number of hydrogen-bond acceptors (Lipinski definition) is 0. The van der Waals surface area contributed by atoms with Crippen molar-refractivity contribution in [1.82, 2.24) is 0 Å². The summed E-state index contributed by atoms with van der Waals surface area (Å²) >= 11 is 0. The molecule has 0 unspecified atom stereocenters. The van der Waals surface area contributed by atoms with Crippen molar-refractivity contribution in [2.75, 3.05) is 0 Å². The molecule has 0 nitrogen and oxygen atoms in total. The second-order valence-corrected chi connectivity index (χ2v) is 5.44. The summed E-state index contributed by atoms with van der Waals surface area (Å²) in [7, 11) is 0. The first-order chi connectivity index (χ1) is 9.77. The summed E-state index contributed by atoms with van der Waals surface area (Å²) in [6, 6.07) is 17.3. The van der Waals surface area contributed by atoms with Crippen LogP contribution in [0.1, 0.15) is 35.1 Å². The van der Waals surface area contributed by atoms with Gasteiger partial charge in [0.25, 0.3) is 0 Å². The van der Waals surface area contributed by atoms with E-state index in [1.54, 1.807) is 0 Å². The van der Waals surface area contributed by atoms with E-state index in [4.69, 9.17) is 0 Å². The first-order valence-corrected chi connectivity index (χ1v) is 7.30. The van der Waals surface area contributed by atoms with Crippen molar-refractivity contribution in [3.63, 3.8) is 0 Å². The second-order valence-electron chi connectivity index (χ2n) is 5.44. The molecular weight excluding hydrogens is 240 g/mol. The molecular formula is C20H20. The Kier molecular flexibility index (Phi) is 3.56. The second kappa shape index (κ2) is 5.50. The predicted molar refractivity (Wildman–Crippen MR) is 87.5 cm³/mol. The summed E-state index contributed by atoms with van der Waals surface area (Å²) in [6.45, 7) is 4.39. The molecule has 0 amide bonds. The van der Waals surface area contributed by atoms with Crippen LogP contribution in [0, 0.1) is 13.8 Å². The molecule has 3 rings (SSSR count). The summed E-state index contributed by atoms with van der Waals surface area (Å²) in [5.74, 6) is 0. The number of allylic oxidation sites excluding steroid dienone is 4. The molecule has 1 aliphatic rings. The van der Waals surface area contributed by atoms with Gasteiger partial charge < -0.3 is 0 Å². The van der Waals surface area contributed by atoms with Gasteiger partial charge in [-0.2, -0.15) is 0 Å². The van der Waals surface area contributed by atoms with E-state index in [1.165, 1.54) is 33.4 Å². The number of hydrogen-bond donors (Lipinski definition) is 0. The molecule has 0 fully saturated rings. The molecule has 1 aliphatic carbocycles. The minimum absolute atomic E-state index is 1.14. The predicted octanol–water partition coefficient (Wildman–Crippen LogP) is 5.56. The van der Waals surface area contributed by atoms with Crippen LogP contribution >= 0.6 is 0 Å². The Morgan fingerprint density at radius 3 is 1.40 bits per heavy atom. The van der Waals surface area contributed by atoms with E-state index >= 15 is 0 Å². The van der Waals surface area contributed by atoms with Crippen molar-refractivity contribution in [2.45, 2.75) is 26.7 Å². The Bertz CT molecular complexity index is 625. The van der Waals surface area contributed by atoms with Gasteiger partial charge >= 0.3 is 0 Å². The molecule has 100 valence electrons. The van der Waals surface area contributed by atoms with Crippen molar-refractivity contribution in [3.05, 3.63) is 82.9 Å². The Balaban J connectivity index is 2.11. The van der Waals surface area contributed by atoms with Crippen molar-refractivity contribution in [2.24, 2.45) is 0 Å². The maximum Gasteiger partial charge on any atom is -0.0146 e. The fourth-order valence-corrected chi connectivity index (χ4v) is 2.94. The van der Waals surface area contributed by atoms with Crippen molar-refractivity contribution >= 4 is 11.1 Å². The fraction of sp³-hybridized carbons (Fsp3) is 0.200. The molecule has 0 saturated heterocycles. The maximum atomic E-state index is 2.39. The van der Waals surface area contributed by atoms with Crippen LogP contribution in [0.5, 0.6) is 0 Å². The van der Waals surface area contributed by atoms with Gasteiger partial charge in [0.2, 0.25) is 0 Å². The molecule has 0 bridgehead atoms. The Morgan fingerprint density at radius 2 is 1.00 bits per heavy atom. The number of rotatable bonds is 2. The smallest absolute Gasteiger partial charge is 0.0146 e. The van der Waals surface area contributed by atoms with E-state index < -0.39 is 0 Å². The van der Waals surface area contributed by atoms with Crippen LogP contribution in [0.25, 0.3) is 11.1 Å². The molecule has 0 aromatic heterocycles. The average molecular weight is 260 g/mol. The lowest BCUT2D eigenvalue weighted by Gasteiger charge is -2.20. The quantitative estimate of drug-likeness (QED) is 0.662. The first kappa shape index (κ1) is 12.9. The Hall–Kier alpha value is -2.08. The van der Waals surface area contributed by atoms with Crippen LogP contribution in [-0.2, 0) is 0 Å². The van der Waals surface area contributed by atoms with Gasteiger partial charge in [0, 0.05) is 0 Å². The van der Waals surface area contributed by atoms with E-state index in [0.29, 0.717) is 0 Å². The van der Waals surface area contributed by atoms with Gasteiger partial charge in [-0.1, -0.05) is 60.7 Å². The van der Waals surface area contributed by atoms with E-state index in [-0.39, 0.29) is 0 Å². The molecule has 0 radical (unpaired) electrons. The summed E-state index contributed by atoms with van der Waals surface area (Å²) in [4.78, 5) is 0. The van der Waals surface area contributed by atoms with Crippen molar-refractivity contribution < 1.29 is 0 Å². The SMILES string of the molecule is Cc1ccccc1C1=CCCC=C1c1ccccc1C. The van der Waals surface area contributed by atoms with Crippen molar-refractivity contribution in [3.8, 4) is 0 Å². The molecule has 2 aromatic carbocycles. The molecule has 0 saturated carbocycles. The zero-order valence-corrected chi connectivity index (χ0v) is 12.2. The third-order valence-electron chi connectivity index (χ3n) is 4.02. The first-order valence-electron chi connectivity index (χ1n) is 7.30. The highest BCUT2D eigenvalue weighted by molar-refractivity contribution is 6.06. The van der Waals surface area contributed by atoms with E-state index in [0.717, 1.165) is 12.8 Å². The Morgan fingerprint density at radius 1 is 0.600 bits per heavy atom. The van der Waals surface area contributed by atoms with Crippen LogP contribution in [0.2, 0.25) is 0 Å². The molecule has 0 heteroatoms. The molecule has 0 atom stereocenters. The molecule has 20 heavy (non-hydrogen) atoms. The lowest BCUT2D eigenvalue weighted by molar-refractivity contribution is 1.04. The fourth-order valence-electron chi connectivity index (χ4n) is 2.94. The third-order valence-corrected chi connectivity index (χ3v) is 4.02. The Labute approximate surface area is 121 Å². The average Bonchev–Trinajstić information content (AvgIpc) is 2.48. The molecule has 0 spiro atoms. The maximum absolute atomic E-state index is 2.39. The topological polar surface area (TPSA) is 0 Å². The van der Waals surface area contributed by atoms with Gasteiger partial charge in [0.15, 0.2) is 0 Å². The minimum atomic E-state index is 1.14. The standard InChI is InChI=1S/C20H20/c1-15-9-3-5-11-17(15)19-13-7-8-14-20(19)18-12-6-4-10-16(18)2/h3-6,9-14H,7-8H2,1-2H3. The number of benzene rings is 2. The van der Waals surface area contributed by atoms with Gasteiger partial charge in [0.1, 0.15) is 0 Å². The summed E-state index contributed by atoms with van der Waals surface area (Å²) in [6.07, 6.45) is 7.06. The van der Waals surface area contributed by atoms with Gasteiger partial charge in [-0.05, 0) is 60.1 Å². The minimum Gasteiger partial charge on any atom is -0.0757 e. The van der Waals surface area contributed by atoms with E-state index in [1.807, 2.05) is 0 Å². The summed E-state index contributed by atoms with van der Waals surface area (Å²) in [5.41, 5.74) is 8.20. The zero-order chi connectivity index (χ0) is 13.9. The number of aryl methyl sites for hydroxylation is 2. The molecule has 0 N–H and O–H groups in total. The largest absolute Gasteiger partial charge is 0.0757 e. The zero-order valence-electron chi connectivity index (χ0n) is 12.2. The van der Waals surface area contributed by atoms with Crippen LogP contribution in [-0.4, -0.2) is 0 Å². The lowest BCUT2D eigenvalue weighted by atomic mass is 9.84. The van der Waals surface area contributed by atoms with Crippen LogP contribution in [0.15, 0.2) is 60.7 Å². The van der Waals surface area contributed by atoms with Gasteiger partial charge in [-0.25, -0.2) is 0 Å². The van der Waals surface area contributed by atoms with Crippen LogP contribution in [0.4, 0.5) is 0 Å². The summed E-state index contributed by atoms with van der Waals surface area (Å²) < 4.78 is 0. The van der Waals surface area contributed by atoms with Crippen LogP contribution in [0.3, 0.4) is 0 Å². The van der Waals surface area contributed by atoms with Crippen LogP contribution < -0.4 is 0 Å². The highest BCUT2D eigenvalue weighted by atomic mass is 14.2. The molecule has 0 heterocycles. The highest BCUT2D eigenvalue weighted by Crippen LogP contribution is 2.37. The third kappa shape index (κ3) is 2.34. The highest BCUT2D eigenvalue weighted by Gasteiger charge is 2.15. The van der Waals surface area contributed by atoms with E-state index in [9.17, 15) is 0 Å². The van der Waals surface area contributed by atoms with Gasteiger partial charge in [-0.15, -0.1) is 0 Å². The van der Waals surface area contributed by atoms with E-state index in [2.05, 4.69) is 74.5 Å². The van der Waals surface area contributed by atoms with Gasteiger partial charge in [0.05, 0.1) is 0 Å². The van der Waals surface area contributed by atoms with Crippen molar-refractivity contribution in [1.29, 1.82) is 0 Å². The van der Waals surface area contributed by atoms with Gasteiger partial charge in [-0.3, -0.25) is 0 Å². The lowest BCUT2D eigenvalue weighted by Crippen LogP contribution is -1.98. The molecule has 0 aliphatic heterocycles. The summed E-state index contributed by atoms with van der Waals surface area (Å²) in [5, 5.41) is 0. The molecule has 2 aromatic rings.